The number of benzene rings is 2. The van der Waals surface area contributed by atoms with Crippen molar-refractivity contribution < 1.29 is 4.39 Å². The molecular weight excluding hydrogens is 272 g/mol. The minimum absolute atomic E-state index is 0.178. The Balaban J connectivity index is 2.70. The van der Waals surface area contributed by atoms with E-state index in [9.17, 15) is 4.39 Å². The third kappa shape index (κ3) is 2.48. The van der Waals surface area contributed by atoms with Gasteiger partial charge < -0.3 is 0 Å². The van der Waals surface area contributed by atoms with Crippen LogP contribution in [0.1, 0.15) is 5.56 Å². The highest BCUT2D eigenvalue weighted by atomic mass is 35.5. The summed E-state index contributed by atoms with van der Waals surface area (Å²) in [5, 5.41) is 9.66. The molecule has 0 fully saturated rings. The van der Waals surface area contributed by atoms with Crippen molar-refractivity contribution in [3.05, 3.63) is 57.8 Å². The Morgan fingerprint density at radius 1 is 1.11 bits per heavy atom. The number of nitriles is 1. The molecule has 0 spiro atoms. The van der Waals surface area contributed by atoms with Crippen molar-refractivity contribution in [3.8, 4) is 17.2 Å². The van der Waals surface area contributed by atoms with Crippen LogP contribution in [0, 0.1) is 17.1 Å². The van der Waals surface area contributed by atoms with Crippen LogP contribution >= 0.6 is 23.2 Å². The molecule has 0 atom stereocenters. The summed E-state index contributed by atoms with van der Waals surface area (Å²) in [4.78, 5) is 0. The van der Waals surface area contributed by atoms with E-state index in [1.54, 1.807) is 24.3 Å². The van der Waals surface area contributed by atoms with Gasteiger partial charge in [-0.2, -0.15) is 5.26 Å². The molecule has 0 amide bonds. The Morgan fingerprint density at radius 3 is 2.39 bits per heavy atom. The lowest BCUT2D eigenvalue weighted by molar-refractivity contribution is 0.628. The topological polar surface area (TPSA) is 23.8 Å². The van der Waals surface area contributed by atoms with Crippen molar-refractivity contribution >= 4 is 23.2 Å². The first-order valence-electron chi connectivity index (χ1n) is 5.23. The minimum atomic E-state index is -0.386. The summed E-state index contributed by atoms with van der Waals surface area (Å²) in [7, 11) is 0. The van der Waals surface area contributed by atoms with Crippen LogP contribution in [0.4, 0.5) is 4.39 Å². The lowest BCUT2D eigenvalue weighted by Crippen LogP contribution is -1.92. The SMILES string of the molecule is N#CCc1ccc(F)cc1-c1c(Cl)cccc1Cl. The van der Waals surface area contributed by atoms with Gasteiger partial charge >= 0.3 is 0 Å². The normalized spacial score (nSPS) is 10.1. The molecule has 0 aliphatic carbocycles. The Hall–Kier alpha value is -1.56. The number of hydrogen-bond acceptors (Lipinski definition) is 1. The van der Waals surface area contributed by atoms with E-state index in [2.05, 4.69) is 0 Å². The van der Waals surface area contributed by atoms with Crippen LogP contribution in [-0.4, -0.2) is 0 Å². The van der Waals surface area contributed by atoms with E-state index in [0.29, 0.717) is 26.7 Å². The van der Waals surface area contributed by atoms with Gasteiger partial charge in [-0.05, 0) is 35.4 Å². The zero-order valence-corrected chi connectivity index (χ0v) is 10.8. The molecular formula is C14H8Cl2FN. The first kappa shape index (κ1) is 12.9. The van der Waals surface area contributed by atoms with Crippen molar-refractivity contribution in [2.75, 3.05) is 0 Å². The maximum absolute atomic E-state index is 13.4. The largest absolute Gasteiger partial charge is 0.207 e. The number of rotatable bonds is 2. The van der Waals surface area contributed by atoms with Crippen LogP contribution in [0.15, 0.2) is 36.4 Å². The lowest BCUT2D eigenvalue weighted by Gasteiger charge is -2.11. The second kappa shape index (κ2) is 5.39. The van der Waals surface area contributed by atoms with E-state index < -0.39 is 0 Å². The fourth-order valence-corrected chi connectivity index (χ4v) is 2.38. The molecule has 2 aromatic rings. The van der Waals surface area contributed by atoms with Gasteiger partial charge in [-0.15, -0.1) is 0 Å². The van der Waals surface area contributed by atoms with Gasteiger partial charge in [-0.1, -0.05) is 35.3 Å². The van der Waals surface area contributed by atoms with Gasteiger partial charge in [0.1, 0.15) is 5.82 Å². The predicted octanol–water partition coefficient (Wildman–Crippen LogP) is 4.87. The molecule has 0 bridgehead atoms. The van der Waals surface area contributed by atoms with E-state index in [-0.39, 0.29) is 12.2 Å². The Bertz CT molecular complexity index is 612. The Kier molecular flexibility index (Phi) is 3.86. The van der Waals surface area contributed by atoms with E-state index in [0.717, 1.165) is 0 Å². The predicted molar refractivity (Wildman–Crippen MR) is 71.2 cm³/mol. The molecule has 0 aliphatic rings. The van der Waals surface area contributed by atoms with Crippen LogP contribution in [0.25, 0.3) is 11.1 Å². The average Bonchev–Trinajstić information content (AvgIpc) is 2.32. The average molecular weight is 280 g/mol. The van der Waals surface area contributed by atoms with E-state index >= 15 is 0 Å². The van der Waals surface area contributed by atoms with Crippen molar-refractivity contribution in [1.29, 1.82) is 5.26 Å². The van der Waals surface area contributed by atoms with E-state index in [4.69, 9.17) is 28.5 Å². The second-order valence-corrected chi connectivity index (χ2v) is 4.55. The number of hydrogen-bond donors (Lipinski definition) is 0. The van der Waals surface area contributed by atoms with Gasteiger partial charge in [0, 0.05) is 15.6 Å². The summed E-state index contributed by atoms with van der Waals surface area (Å²) >= 11 is 12.2. The molecule has 4 heteroatoms. The van der Waals surface area contributed by atoms with Gasteiger partial charge in [-0.25, -0.2) is 4.39 Å². The fraction of sp³-hybridized carbons (Fsp3) is 0.0714. The first-order chi connectivity index (χ1) is 8.63. The molecule has 18 heavy (non-hydrogen) atoms. The fourth-order valence-electron chi connectivity index (χ4n) is 1.78. The summed E-state index contributed by atoms with van der Waals surface area (Å²) in [6, 6.07) is 11.4. The number of nitrogens with zero attached hydrogens (tertiary/aromatic N) is 1. The van der Waals surface area contributed by atoms with Crippen LogP contribution in [0.5, 0.6) is 0 Å². The van der Waals surface area contributed by atoms with Gasteiger partial charge in [0.05, 0.1) is 12.5 Å². The third-order valence-corrected chi connectivity index (χ3v) is 3.20. The molecule has 1 nitrogen and oxygen atoms in total. The van der Waals surface area contributed by atoms with Crippen LogP contribution in [-0.2, 0) is 6.42 Å². The third-order valence-electron chi connectivity index (χ3n) is 2.57. The second-order valence-electron chi connectivity index (χ2n) is 3.73. The number of halogens is 3. The molecule has 0 heterocycles. The molecule has 0 N–H and O–H groups in total. The summed E-state index contributed by atoms with van der Waals surface area (Å²) in [5.74, 6) is -0.386. The van der Waals surface area contributed by atoms with Crippen molar-refractivity contribution in [1.82, 2.24) is 0 Å². The minimum Gasteiger partial charge on any atom is -0.207 e. The van der Waals surface area contributed by atoms with E-state index in [1.165, 1.54) is 12.1 Å². The highest BCUT2D eigenvalue weighted by Gasteiger charge is 2.13. The highest BCUT2D eigenvalue weighted by molar-refractivity contribution is 6.39. The van der Waals surface area contributed by atoms with Gasteiger partial charge in [0.2, 0.25) is 0 Å². The molecule has 0 aromatic heterocycles. The molecule has 0 saturated heterocycles. The van der Waals surface area contributed by atoms with Gasteiger partial charge in [-0.3, -0.25) is 0 Å². The van der Waals surface area contributed by atoms with Gasteiger partial charge in [0.25, 0.3) is 0 Å². The van der Waals surface area contributed by atoms with Crippen molar-refractivity contribution in [2.45, 2.75) is 6.42 Å². The lowest BCUT2D eigenvalue weighted by atomic mass is 9.97. The Morgan fingerprint density at radius 2 is 1.78 bits per heavy atom. The quantitative estimate of drug-likeness (QED) is 0.770. The maximum Gasteiger partial charge on any atom is 0.123 e. The van der Waals surface area contributed by atoms with E-state index in [1.807, 2.05) is 6.07 Å². The summed E-state index contributed by atoms with van der Waals surface area (Å²) in [5.41, 5.74) is 1.83. The zero-order chi connectivity index (χ0) is 13.1. The summed E-state index contributed by atoms with van der Waals surface area (Å²) in [6.45, 7) is 0. The monoisotopic (exact) mass is 279 g/mol. The van der Waals surface area contributed by atoms with Crippen LogP contribution < -0.4 is 0 Å². The summed E-state index contributed by atoms with van der Waals surface area (Å²) in [6.07, 6.45) is 0.178. The molecule has 2 aromatic carbocycles. The van der Waals surface area contributed by atoms with Crippen LogP contribution in [0.2, 0.25) is 10.0 Å². The van der Waals surface area contributed by atoms with Crippen LogP contribution in [0.3, 0.4) is 0 Å². The van der Waals surface area contributed by atoms with Crippen molar-refractivity contribution in [2.24, 2.45) is 0 Å². The molecule has 0 saturated carbocycles. The smallest absolute Gasteiger partial charge is 0.123 e. The zero-order valence-electron chi connectivity index (χ0n) is 9.25. The molecule has 0 unspecified atom stereocenters. The van der Waals surface area contributed by atoms with Crippen molar-refractivity contribution in [3.63, 3.8) is 0 Å². The molecule has 90 valence electrons. The first-order valence-corrected chi connectivity index (χ1v) is 5.99. The Labute approximate surface area is 114 Å². The standard InChI is InChI=1S/C14H8Cl2FN/c15-12-2-1-3-13(16)14(12)11-8-10(17)5-4-9(11)6-7-18/h1-5,8H,6H2. The van der Waals surface area contributed by atoms with Gasteiger partial charge in [0.15, 0.2) is 0 Å². The molecule has 0 aliphatic heterocycles. The summed E-state index contributed by atoms with van der Waals surface area (Å²) < 4.78 is 13.4. The maximum atomic E-state index is 13.4. The molecule has 0 radical (unpaired) electrons. The highest BCUT2D eigenvalue weighted by Crippen LogP contribution is 2.36. The molecule has 2 rings (SSSR count).